The van der Waals surface area contributed by atoms with Crippen LogP contribution in [0.5, 0.6) is 0 Å². The summed E-state index contributed by atoms with van der Waals surface area (Å²) in [7, 11) is 0. The van der Waals surface area contributed by atoms with Gasteiger partial charge < -0.3 is 15.4 Å². The van der Waals surface area contributed by atoms with E-state index >= 15 is 0 Å². The number of ether oxygens (including phenoxy) is 1. The molecule has 1 heterocycles. The third-order valence-corrected chi connectivity index (χ3v) is 3.60. The van der Waals surface area contributed by atoms with E-state index in [1.165, 1.54) is 5.69 Å². The molecule has 1 aliphatic heterocycles. The Morgan fingerprint density at radius 3 is 3.00 bits per heavy atom. The van der Waals surface area contributed by atoms with Gasteiger partial charge in [-0.3, -0.25) is 0 Å². The number of rotatable bonds is 2. The van der Waals surface area contributed by atoms with Crippen molar-refractivity contribution in [2.45, 2.75) is 19.6 Å². The van der Waals surface area contributed by atoms with Crippen LogP contribution >= 0.6 is 15.9 Å². The first-order valence-electron chi connectivity index (χ1n) is 5.55. The number of nitrogens with two attached hydrogens (primary N) is 1. The lowest BCUT2D eigenvalue weighted by Gasteiger charge is -2.33. The number of nitrogens with zero attached hydrogens (tertiary/aromatic N) is 1. The summed E-state index contributed by atoms with van der Waals surface area (Å²) in [5.41, 5.74) is 8.02. The van der Waals surface area contributed by atoms with Crippen molar-refractivity contribution in [2.75, 3.05) is 24.6 Å². The fourth-order valence-corrected chi connectivity index (χ4v) is 2.48. The largest absolute Gasteiger partial charge is 0.375 e. The summed E-state index contributed by atoms with van der Waals surface area (Å²) in [6, 6.07) is 6.35. The molecule has 3 nitrogen and oxygen atoms in total. The van der Waals surface area contributed by atoms with Crippen molar-refractivity contribution in [3.05, 3.63) is 28.2 Å². The molecule has 0 radical (unpaired) electrons. The van der Waals surface area contributed by atoms with Crippen LogP contribution in [0, 0.1) is 0 Å². The molecular formula is C12H17BrN2O. The Morgan fingerprint density at radius 1 is 1.56 bits per heavy atom. The monoisotopic (exact) mass is 284 g/mol. The molecule has 4 heteroatoms. The summed E-state index contributed by atoms with van der Waals surface area (Å²) in [6.07, 6.45) is 0.307. The molecule has 1 aromatic rings. The van der Waals surface area contributed by atoms with Gasteiger partial charge in [-0.2, -0.15) is 0 Å². The maximum absolute atomic E-state index is 5.64. The lowest BCUT2D eigenvalue weighted by Crippen LogP contribution is -2.41. The van der Waals surface area contributed by atoms with Crippen molar-refractivity contribution >= 4 is 21.6 Å². The molecule has 1 saturated heterocycles. The van der Waals surface area contributed by atoms with Gasteiger partial charge in [-0.25, -0.2) is 0 Å². The fourth-order valence-electron chi connectivity index (χ4n) is 1.95. The number of hydrogen-bond donors (Lipinski definition) is 1. The molecule has 1 atom stereocenters. The number of halogens is 1. The summed E-state index contributed by atoms with van der Waals surface area (Å²) in [6.45, 7) is 5.39. The molecule has 0 saturated carbocycles. The first-order valence-corrected chi connectivity index (χ1v) is 6.35. The molecular weight excluding hydrogens is 268 g/mol. The van der Waals surface area contributed by atoms with E-state index in [4.69, 9.17) is 10.5 Å². The van der Waals surface area contributed by atoms with Crippen LogP contribution < -0.4 is 10.6 Å². The highest BCUT2D eigenvalue weighted by atomic mass is 79.9. The van der Waals surface area contributed by atoms with Crippen LogP contribution in [-0.4, -0.2) is 25.8 Å². The van der Waals surface area contributed by atoms with E-state index in [0.717, 1.165) is 29.7 Å². The van der Waals surface area contributed by atoms with Crippen LogP contribution in [0.15, 0.2) is 22.7 Å². The zero-order valence-electron chi connectivity index (χ0n) is 9.45. The van der Waals surface area contributed by atoms with Crippen LogP contribution in [0.2, 0.25) is 0 Å². The second kappa shape index (κ2) is 5.17. The van der Waals surface area contributed by atoms with Crippen molar-refractivity contribution in [3.63, 3.8) is 0 Å². The molecule has 0 amide bonds. The molecule has 16 heavy (non-hydrogen) atoms. The minimum absolute atomic E-state index is 0.307. The molecule has 88 valence electrons. The Balaban J connectivity index is 2.17. The van der Waals surface area contributed by atoms with Gasteiger partial charge >= 0.3 is 0 Å². The lowest BCUT2D eigenvalue weighted by atomic mass is 10.2. The van der Waals surface area contributed by atoms with Gasteiger partial charge in [0.25, 0.3) is 0 Å². The second-order valence-corrected chi connectivity index (χ2v) is 4.96. The van der Waals surface area contributed by atoms with Gasteiger partial charge in [0.2, 0.25) is 0 Å². The summed E-state index contributed by atoms with van der Waals surface area (Å²) in [5, 5.41) is 0. The highest BCUT2D eigenvalue weighted by molar-refractivity contribution is 9.10. The van der Waals surface area contributed by atoms with Crippen LogP contribution in [0.3, 0.4) is 0 Å². The standard InChI is InChI=1S/C12H17BrN2O/c1-9-8-15(4-5-16-9)11-3-2-10(7-14)12(13)6-11/h2-3,6,9H,4-5,7-8,14H2,1H3. The van der Waals surface area contributed by atoms with Gasteiger partial charge in [-0.1, -0.05) is 22.0 Å². The van der Waals surface area contributed by atoms with Gasteiger partial charge in [-0.05, 0) is 24.6 Å². The highest BCUT2D eigenvalue weighted by Gasteiger charge is 2.17. The first-order chi connectivity index (χ1) is 7.70. The average Bonchev–Trinajstić information content (AvgIpc) is 2.29. The van der Waals surface area contributed by atoms with Crippen LogP contribution in [-0.2, 0) is 11.3 Å². The van der Waals surface area contributed by atoms with E-state index in [-0.39, 0.29) is 0 Å². The Labute approximate surface area is 105 Å². The van der Waals surface area contributed by atoms with E-state index in [9.17, 15) is 0 Å². The van der Waals surface area contributed by atoms with E-state index in [2.05, 4.69) is 46.0 Å². The third-order valence-electron chi connectivity index (χ3n) is 2.86. The van der Waals surface area contributed by atoms with E-state index in [1.54, 1.807) is 0 Å². The zero-order chi connectivity index (χ0) is 11.5. The van der Waals surface area contributed by atoms with E-state index in [1.807, 2.05) is 0 Å². The summed E-state index contributed by atoms with van der Waals surface area (Å²) in [5.74, 6) is 0. The molecule has 1 fully saturated rings. The maximum Gasteiger partial charge on any atom is 0.0722 e. The molecule has 0 aliphatic carbocycles. The topological polar surface area (TPSA) is 38.5 Å². The number of anilines is 1. The fraction of sp³-hybridized carbons (Fsp3) is 0.500. The van der Waals surface area contributed by atoms with Crippen LogP contribution in [0.4, 0.5) is 5.69 Å². The normalized spacial score (nSPS) is 21.2. The number of benzene rings is 1. The molecule has 2 rings (SSSR count). The molecule has 2 N–H and O–H groups in total. The second-order valence-electron chi connectivity index (χ2n) is 4.11. The minimum Gasteiger partial charge on any atom is -0.375 e. The number of morpholine rings is 1. The van der Waals surface area contributed by atoms with Gasteiger partial charge in [0.05, 0.1) is 12.7 Å². The SMILES string of the molecule is CC1CN(c2ccc(CN)c(Br)c2)CCO1. The van der Waals surface area contributed by atoms with Crippen molar-refractivity contribution in [2.24, 2.45) is 5.73 Å². The number of hydrogen-bond acceptors (Lipinski definition) is 3. The molecule has 1 aliphatic rings. The van der Waals surface area contributed by atoms with Gasteiger partial charge in [-0.15, -0.1) is 0 Å². The summed E-state index contributed by atoms with van der Waals surface area (Å²) >= 11 is 3.55. The molecule has 0 spiro atoms. The van der Waals surface area contributed by atoms with Crippen LogP contribution in [0.25, 0.3) is 0 Å². The van der Waals surface area contributed by atoms with Gasteiger partial charge in [0.1, 0.15) is 0 Å². The van der Waals surface area contributed by atoms with Crippen molar-refractivity contribution in [1.29, 1.82) is 0 Å². The molecule has 1 aromatic carbocycles. The maximum atomic E-state index is 5.64. The highest BCUT2D eigenvalue weighted by Crippen LogP contribution is 2.25. The van der Waals surface area contributed by atoms with Gasteiger partial charge in [0.15, 0.2) is 0 Å². The van der Waals surface area contributed by atoms with E-state index < -0.39 is 0 Å². The quantitative estimate of drug-likeness (QED) is 0.904. The van der Waals surface area contributed by atoms with Gasteiger partial charge in [0, 0.05) is 29.8 Å². The molecule has 0 aromatic heterocycles. The predicted molar refractivity (Wildman–Crippen MR) is 69.7 cm³/mol. The van der Waals surface area contributed by atoms with Crippen molar-refractivity contribution in [3.8, 4) is 0 Å². The Morgan fingerprint density at radius 2 is 2.38 bits per heavy atom. The summed E-state index contributed by atoms with van der Waals surface area (Å²) in [4.78, 5) is 2.35. The van der Waals surface area contributed by atoms with Crippen LogP contribution in [0.1, 0.15) is 12.5 Å². The Kier molecular flexibility index (Phi) is 3.84. The van der Waals surface area contributed by atoms with Crippen molar-refractivity contribution in [1.82, 2.24) is 0 Å². The zero-order valence-corrected chi connectivity index (χ0v) is 11.0. The Hall–Kier alpha value is -0.580. The predicted octanol–water partition coefficient (Wildman–Crippen LogP) is 2.13. The lowest BCUT2D eigenvalue weighted by molar-refractivity contribution is 0.0532. The average molecular weight is 285 g/mol. The molecule has 1 unspecified atom stereocenters. The minimum atomic E-state index is 0.307. The van der Waals surface area contributed by atoms with Crippen molar-refractivity contribution < 1.29 is 4.74 Å². The van der Waals surface area contributed by atoms with E-state index in [0.29, 0.717) is 12.6 Å². The third kappa shape index (κ3) is 2.56. The Bertz CT molecular complexity index is 370. The molecule has 0 bridgehead atoms. The first kappa shape index (κ1) is 11.9. The smallest absolute Gasteiger partial charge is 0.0722 e. The summed E-state index contributed by atoms with van der Waals surface area (Å²) < 4.78 is 6.62.